The first kappa shape index (κ1) is 17.0. The first-order chi connectivity index (χ1) is 11.7. The van der Waals surface area contributed by atoms with E-state index in [0.717, 1.165) is 36.3 Å². The Morgan fingerprint density at radius 1 is 1.33 bits per heavy atom. The van der Waals surface area contributed by atoms with E-state index in [0.29, 0.717) is 5.75 Å². The summed E-state index contributed by atoms with van der Waals surface area (Å²) in [6, 6.07) is 8.21. The summed E-state index contributed by atoms with van der Waals surface area (Å²) >= 11 is 1.46. The van der Waals surface area contributed by atoms with Gasteiger partial charge in [-0.15, -0.1) is 10.2 Å². The second kappa shape index (κ2) is 7.83. The molecule has 1 aromatic heterocycles. The van der Waals surface area contributed by atoms with E-state index in [1.165, 1.54) is 30.2 Å². The molecule has 0 unspecified atom stereocenters. The highest BCUT2D eigenvalue weighted by Crippen LogP contribution is 2.30. The lowest BCUT2D eigenvalue weighted by atomic mass is 10.2. The van der Waals surface area contributed by atoms with E-state index in [-0.39, 0.29) is 5.91 Å². The van der Waals surface area contributed by atoms with Crippen LogP contribution in [0, 0.1) is 12.8 Å². The average molecular weight is 344 g/mol. The molecule has 0 saturated heterocycles. The third-order valence-electron chi connectivity index (χ3n) is 4.18. The van der Waals surface area contributed by atoms with Crippen LogP contribution in [-0.2, 0) is 4.79 Å². The van der Waals surface area contributed by atoms with Crippen molar-refractivity contribution in [2.75, 3.05) is 18.8 Å². The summed E-state index contributed by atoms with van der Waals surface area (Å²) in [7, 11) is 0. The minimum absolute atomic E-state index is 0.201. The Balaban J connectivity index is 1.62. The minimum atomic E-state index is 0.201. The molecule has 1 heterocycles. The van der Waals surface area contributed by atoms with Crippen LogP contribution in [0.2, 0.25) is 0 Å². The SMILES string of the molecule is CCCN(CC1CC1)C(=O)CSc1nncn1-c1ccc(C)cc1. The van der Waals surface area contributed by atoms with Crippen LogP contribution in [0.5, 0.6) is 0 Å². The molecule has 128 valence electrons. The van der Waals surface area contributed by atoms with Gasteiger partial charge in [0.25, 0.3) is 0 Å². The van der Waals surface area contributed by atoms with Crippen molar-refractivity contribution in [3.63, 3.8) is 0 Å². The molecule has 1 aliphatic rings. The fraction of sp³-hybridized carbons (Fsp3) is 0.500. The molecule has 1 fully saturated rings. The molecule has 0 N–H and O–H groups in total. The van der Waals surface area contributed by atoms with Crippen molar-refractivity contribution in [2.45, 2.75) is 38.3 Å². The number of aryl methyl sites for hydroxylation is 1. The van der Waals surface area contributed by atoms with E-state index >= 15 is 0 Å². The third-order valence-corrected chi connectivity index (χ3v) is 5.10. The summed E-state index contributed by atoms with van der Waals surface area (Å²) in [4.78, 5) is 14.5. The van der Waals surface area contributed by atoms with Gasteiger partial charge in [0.05, 0.1) is 5.75 Å². The minimum Gasteiger partial charge on any atom is -0.342 e. The van der Waals surface area contributed by atoms with Crippen LogP contribution in [0.15, 0.2) is 35.7 Å². The summed E-state index contributed by atoms with van der Waals surface area (Å²) in [6.45, 7) is 5.94. The van der Waals surface area contributed by atoms with Gasteiger partial charge in [-0.1, -0.05) is 36.4 Å². The van der Waals surface area contributed by atoms with Crippen molar-refractivity contribution in [3.8, 4) is 5.69 Å². The Kier molecular flexibility index (Phi) is 5.56. The van der Waals surface area contributed by atoms with Crippen LogP contribution in [0.3, 0.4) is 0 Å². The summed E-state index contributed by atoms with van der Waals surface area (Å²) in [5.74, 6) is 1.34. The van der Waals surface area contributed by atoms with Crippen LogP contribution in [-0.4, -0.2) is 44.4 Å². The van der Waals surface area contributed by atoms with Crippen molar-refractivity contribution < 1.29 is 4.79 Å². The van der Waals surface area contributed by atoms with E-state index in [1.807, 2.05) is 21.6 Å². The Labute approximate surface area is 147 Å². The first-order valence-electron chi connectivity index (χ1n) is 8.55. The predicted octanol–water partition coefficient (Wildman–Crippen LogP) is 3.32. The fourth-order valence-electron chi connectivity index (χ4n) is 2.62. The number of aromatic nitrogens is 3. The lowest BCUT2D eigenvalue weighted by Crippen LogP contribution is -2.35. The number of nitrogens with zero attached hydrogens (tertiary/aromatic N) is 4. The number of rotatable bonds is 8. The maximum atomic E-state index is 12.5. The molecular formula is C18H24N4OS. The van der Waals surface area contributed by atoms with Gasteiger partial charge in [0, 0.05) is 18.8 Å². The highest BCUT2D eigenvalue weighted by atomic mass is 32.2. The summed E-state index contributed by atoms with van der Waals surface area (Å²) in [5.41, 5.74) is 2.23. The van der Waals surface area contributed by atoms with Gasteiger partial charge in [-0.05, 0) is 44.2 Å². The maximum Gasteiger partial charge on any atom is 0.233 e. The van der Waals surface area contributed by atoms with Crippen LogP contribution >= 0.6 is 11.8 Å². The molecule has 0 spiro atoms. The summed E-state index contributed by atoms with van der Waals surface area (Å²) in [5, 5.41) is 8.94. The molecule has 1 aromatic carbocycles. The van der Waals surface area contributed by atoms with Gasteiger partial charge in [0.1, 0.15) is 6.33 Å². The van der Waals surface area contributed by atoms with Crippen molar-refractivity contribution >= 4 is 17.7 Å². The smallest absolute Gasteiger partial charge is 0.233 e. The molecule has 0 aliphatic heterocycles. The van der Waals surface area contributed by atoms with E-state index in [9.17, 15) is 4.79 Å². The molecule has 0 radical (unpaired) electrons. The number of amides is 1. The lowest BCUT2D eigenvalue weighted by Gasteiger charge is -2.21. The van der Waals surface area contributed by atoms with Gasteiger partial charge in [0.2, 0.25) is 5.91 Å². The Morgan fingerprint density at radius 2 is 2.08 bits per heavy atom. The Morgan fingerprint density at radius 3 is 2.75 bits per heavy atom. The van der Waals surface area contributed by atoms with Crippen molar-refractivity contribution in [3.05, 3.63) is 36.2 Å². The monoisotopic (exact) mass is 344 g/mol. The molecule has 5 nitrogen and oxygen atoms in total. The predicted molar refractivity (Wildman–Crippen MR) is 96.4 cm³/mol. The molecule has 0 bridgehead atoms. The van der Waals surface area contributed by atoms with Gasteiger partial charge in [-0.2, -0.15) is 0 Å². The first-order valence-corrected chi connectivity index (χ1v) is 9.53. The van der Waals surface area contributed by atoms with Gasteiger partial charge in [0.15, 0.2) is 5.16 Å². The fourth-order valence-corrected chi connectivity index (χ4v) is 3.45. The number of hydrogen-bond acceptors (Lipinski definition) is 4. The topological polar surface area (TPSA) is 51.0 Å². The van der Waals surface area contributed by atoms with Crippen molar-refractivity contribution in [1.29, 1.82) is 0 Å². The molecule has 2 aromatic rings. The summed E-state index contributed by atoms with van der Waals surface area (Å²) < 4.78 is 1.93. The standard InChI is InChI=1S/C18H24N4OS/c1-3-10-21(11-15-6-7-15)17(23)12-24-18-20-19-13-22(18)16-8-4-14(2)5-9-16/h4-5,8-9,13,15H,3,6-7,10-12H2,1-2H3. The number of carbonyl (C=O) groups excluding carboxylic acids is 1. The zero-order chi connectivity index (χ0) is 16.9. The van der Waals surface area contributed by atoms with Crippen molar-refractivity contribution in [1.82, 2.24) is 19.7 Å². The number of carbonyl (C=O) groups is 1. The second-order valence-electron chi connectivity index (χ2n) is 6.39. The molecule has 3 rings (SSSR count). The lowest BCUT2D eigenvalue weighted by molar-refractivity contribution is -0.128. The van der Waals surface area contributed by atoms with Crippen LogP contribution in [0.1, 0.15) is 31.7 Å². The van der Waals surface area contributed by atoms with Crippen LogP contribution in [0.4, 0.5) is 0 Å². The molecular weight excluding hydrogens is 320 g/mol. The second-order valence-corrected chi connectivity index (χ2v) is 7.33. The van der Waals surface area contributed by atoms with E-state index in [4.69, 9.17) is 0 Å². The molecule has 24 heavy (non-hydrogen) atoms. The van der Waals surface area contributed by atoms with Gasteiger partial charge in [-0.25, -0.2) is 0 Å². The third kappa shape index (κ3) is 4.38. The quantitative estimate of drug-likeness (QED) is 0.689. The van der Waals surface area contributed by atoms with Crippen LogP contribution in [0.25, 0.3) is 5.69 Å². The number of hydrogen-bond donors (Lipinski definition) is 0. The molecule has 1 aliphatic carbocycles. The molecule has 6 heteroatoms. The Bertz CT molecular complexity index is 679. The number of benzene rings is 1. The van der Waals surface area contributed by atoms with E-state index < -0.39 is 0 Å². The molecule has 1 saturated carbocycles. The maximum absolute atomic E-state index is 12.5. The highest BCUT2D eigenvalue weighted by molar-refractivity contribution is 7.99. The summed E-state index contributed by atoms with van der Waals surface area (Å²) in [6.07, 6.45) is 5.24. The van der Waals surface area contributed by atoms with Crippen LogP contribution < -0.4 is 0 Å². The van der Waals surface area contributed by atoms with Crippen molar-refractivity contribution in [2.24, 2.45) is 5.92 Å². The highest BCUT2D eigenvalue weighted by Gasteiger charge is 2.26. The van der Waals surface area contributed by atoms with E-state index in [2.05, 4.69) is 36.2 Å². The van der Waals surface area contributed by atoms with Gasteiger partial charge >= 0.3 is 0 Å². The van der Waals surface area contributed by atoms with Gasteiger partial charge < -0.3 is 4.90 Å². The van der Waals surface area contributed by atoms with Gasteiger partial charge in [-0.3, -0.25) is 9.36 Å². The zero-order valence-corrected chi connectivity index (χ0v) is 15.1. The van der Waals surface area contributed by atoms with E-state index in [1.54, 1.807) is 6.33 Å². The average Bonchev–Trinajstić information content (AvgIpc) is 3.28. The molecule has 0 atom stereocenters. The number of thioether (sulfide) groups is 1. The largest absolute Gasteiger partial charge is 0.342 e. The zero-order valence-electron chi connectivity index (χ0n) is 14.3. The normalized spacial score (nSPS) is 13.9. The molecule has 1 amide bonds. The Hall–Kier alpha value is -1.82.